The lowest BCUT2D eigenvalue weighted by Gasteiger charge is -2.16. The molecule has 0 fully saturated rings. The van der Waals surface area contributed by atoms with E-state index >= 15 is 0 Å². The van der Waals surface area contributed by atoms with Gasteiger partial charge in [0.15, 0.2) is 6.61 Å². The molecular weight excluding hydrogens is 428 g/mol. The zero-order chi connectivity index (χ0) is 23.0. The van der Waals surface area contributed by atoms with Crippen molar-refractivity contribution >= 4 is 40.8 Å². The number of anilines is 1. The van der Waals surface area contributed by atoms with Gasteiger partial charge in [0.1, 0.15) is 0 Å². The molecule has 31 heavy (non-hydrogen) atoms. The Morgan fingerprint density at radius 1 is 1.23 bits per heavy atom. The van der Waals surface area contributed by atoms with Gasteiger partial charge in [0.05, 0.1) is 39.3 Å². The molecule has 0 aliphatic carbocycles. The Hall–Kier alpha value is -3.97. The highest BCUT2D eigenvalue weighted by Gasteiger charge is 2.20. The molecule has 0 spiro atoms. The second-order valence-electron chi connectivity index (χ2n) is 6.22. The highest BCUT2D eigenvalue weighted by molar-refractivity contribution is 6.34. The van der Waals surface area contributed by atoms with Crippen molar-refractivity contribution in [1.82, 2.24) is 4.90 Å². The van der Waals surface area contributed by atoms with Crippen molar-refractivity contribution in [3.05, 3.63) is 68.7 Å². The van der Waals surface area contributed by atoms with Crippen LogP contribution in [-0.4, -0.2) is 47.8 Å². The Bertz CT molecular complexity index is 1070. The standard InChI is InChI=1S/C20H17ClN4O6/c1-24(10-4-9-22)18(26)12-31-20(28)15-5-2-3-6-17(15)23-19(27)14-8-7-13(25(29)30)11-16(14)21/h2-3,5-8,11H,4,10,12H2,1H3,(H,23,27). The number of likely N-dealkylation sites (N-methyl/N-ethyl adjacent to an activating group) is 1. The van der Waals surface area contributed by atoms with E-state index in [0.29, 0.717) is 0 Å². The first kappa shape index (κ1) is 23.3. The van der Waals surface area contributed by atoms with Gasteiger partial charge in [0, 0.05) is 25.7 Å². The van der Waals surface area contributed by atoms with Crippen LogP contribution in [0.3, 0.4) is 0 Å². The van der Waals surface area contributed by atoms with E-state index in [-0.39, 0.29) is 40.5 Å². The number of amides is 2. The smallest absolute Gasteiger partial charge is 0.340 e. The highest BCUT2D eigenvalue weighted by Crippen LogP contribution is 2.24. The third kappa shape index (κ3) is 6.25. The normalized spacial score (nSPS) is 9.97. The molecule has 11 heteroatoms. The average molecular weight is 445 g/mol. The van der Waals surface area contributed by atoms with Crippen LogP contribution in [0.5, 0.6) is 0 Å². The topological polar surface area (TPSA) is 143 Å². The lowest BCUT2D eigenvalue weighted by molar-refractivity contribution is -0.384. The van der Waals surface area contributed by atoms with Gasteiger partial charge in [0.2, 0.25) is 0 Å². The summed E-state index contributed by atoms with van der Waals surface area (Å²) in [6, 6.07) is 11.3. The summed E-state index contributed by atoms with van der Waals surface area (Å²) in [6.07, 6.45) is 0.149. The molecule has 0 radical (unpaired) electrons. The van der Waals surface area contributed by atoms with E-state index in [1.807, 2.05) is 6.07 Å². The largest absolute Gasteiger partial charge is 0.452 e. The van der Waals surface area contributed by atoms with Gasteiger partial charge >= 0.3 is 5.97 Å². The maximum absolute atomic E-state index is 12.5. The lowest BCUT2D eigenvalue weighted by Crippen LogP contribution is -2.32. The van der Waals surface area contributed by atoms with E-state index in [1.165, 1.54) is 30.1 Å². The summed E-state index contributed by atoms with van der Waals surface area (Å²) >= 11 is 5.97. The number of ether oxygens (including phenoxy) is 1. The first-order chi connectivity index (χ1) is 14.7. The lowest BCUT2D eigenvalue weighted by atomic mass is 10.1. The van der Waals surface area contributed by atoms with Crippen molar-refractivity contribution in [3.63, 3.8) is 0 Å². The predicted molar refractivity (Wildman–Crippen MR) is 111 cm³/mol. The number of carbonyl (C=O) groups is 3. The molecule has 2 aromatic rings. The van der Waals surface area contributed by atoms with Crippen LogP contribution in [0.2, 0.25) is 5.02 Å². The van der Waals surface area contributed by atoms with Crippen LogP contribution in [0.4, 0.5) is 11.4 Å². The first-order valence-electron chi connectivity index (χ1n) is 8.87. The summed E-state index contributed by atoms with van der Waals surface area (Å²) < 4.78 is 5.02. The Balaban J connectivity index is 2.10. The second-order valence-corrected chi connectivity index (χ2v) is 6.63. The number of rotatable bonds is 8. The Kier molecular flexibility index (Phi) is 8.05. The molecule has 0 unspecified atom stereocenters. The molecular formula is C20H17ClN4O6. The number of halogens is 1. The Morgan fingerprint density at radius 3 is 2.58 bits per heavy atom. The fraction of sp³-hybridized carbons (Fsp3) is 0.200. The van der Waals surface area contributed by atoms with Crippen LogP contribution < -0.4 is 5.32 Å². The molecule has 0 bridgehead atoms. The van der Waals surface area contributed by atoms with E-state index < -0.39 is 29.3 Å². The predicted octanol–water partition coefficient (Wildman–Crippen LogP) is 3.03. The number of para-hydroxylation sites is 1. The fourth-order valence-corrected chi connectivity index (χ4v) is 2.68. The van der Waals surface area contributed by atoms with Crippen LogP contribution in [0.15, 0.2) is 42.5 Å². The van der Waals surface area contributed by atoms with Crippen molar-refractivity contribution in [2.24, 2.45) is 0 Å². The third-order valence-corrected chi connectivity index (χ3v) is 4.43. The molecule has 0 saturated heterocycles. The molecule has 0 atom stereocenters. The minimum absolute atomic E-state index is 0.00126. The second kappa shape index (κ2) is 10.7. The van der Waals surface area contributed by atoms with Crippen LogP contribution in [0, 0.1) is 21.4 Å². The first-order valence-corrected chi connectivity index (χ1v) is 9.24. The number of nitriles is 1. The number of carbonyl (C=O) groups excluding carboxylic acids is 3. The van der Waals surface area contributed by atoms with E-state index in [1.54, 1.807) is 12.1 Å². The van der Waals surface area contributed by atoms with Gasteiger partial charge in [0.25, 0.3) is 17.5 Å². The number of esters is 1. The number of hydrogen-bond acceptors (Lipinski definition) is 7. The molecule has 0 aromatic heterocycles. The maximum Gasteiger partial charge on any atom is 0.340 e. The third-order valence-electron chi connectivity index (χ3n) is 4.11. The number of hydrogen-bond donors (Lipinski definition) is 1. The molecule has 0 saturated carbocycles. The van der Waals surface area contributed by atoms with Crippen molar-refractivity contribution in [1.29, 1.82) is 5.26 Å². The maximum atomic E-state index is 12.5. The molecule has 1 N–H and O–H groups in total. The summed E-state index contributed by atoms with van der Waals surface area (Å²) in [5.41, 5.74) is -0.182. The monoisotopic (exact) mass is 444 g/mol. The van der Waals surface area contributed by atoms with Gasteiger partial charge in [-0.15, -0.1) is 0 Å². The van der Waals surface area contributed by atoms with E-state index in [2.05, 4.69) is 5.32 Å². The molecule has 2 aromatic carbocycles. The molecule has 160 valence electrons. The minimum atomic E-state index is -0.840. The minimum Gasteiger partial charge on any atom is -0.452 e. The molecule has 2 amide bonds. The van der Waals surface area contributed by atoms with Crippen molar-refractivity contribution in [3.8, 4) is 6.07 Å². The highest BCUT2D eigenvalue weighted by atomic mass is 35.5. The van der Waals surface area contributed by atoms with Crippen molar-refractivity contribution in [2.75, 3.05) is 25.5 Å². The van der Waals surface area contributed by atoms with Gasteiger partial charge in [-0.1, -0.05) is 23.7 Å². The van der Waals surface area contributed by atoms with E-state index in [4.69, 9.17) is 21.6 Å². The zero-order valence-corrected chi connectivity index (χ0v) is 17.1. The van der Waals surface area contributed by atoms with Gasteiger partial charge in [-0.05, 0) is 18.2 Å². The average Bonchev–Trinajstić information content (AvgIpc) is 2.75. The summed E-state index contributed by atoms with van der Waals surface area (Å²) in [6.45, 7) is -0.327. The quantitative estimate of drug-likeness (QED) is 0.374. The van der Waals surface area contributed by atoms with Gasteiger partial charge in [-0.3, -0.25) is 19.7 Å². The molecule has 0 aliphatic rings. The van der Waals surface area contributed by atoms with E-state index in [9.17, 15) is 24.5 Å². The number of nitro benzene ring substituents is 1. The fourth-order valence-electron chi connectivity index (χ4n) is 2.42. The van der Waals surface area contributed by atoms with E-state index in [0.717, 1.165) is 12.1 Å². The number of nitrogens with zero attached hydrogens (tertiary/aromatic N) is 3. The van der Waals surface area contributed by atoms with Gasteiger partial charge < -0.3 is 15.0 Å². The zero-order valence-electron chi connectivity index (χ0n) is 16.3. The number of nitrogens with one attached hydrogen (secondary N) is 1. The number of benzene rings is 2. The number of nitro groups is 1. The van der Waals surface area contributed by atoms with Crippen molar-refractivity contribution < 1.29 is 24.0 Å². The summed E-state index contributed by atoms with van der Waals surface area (Å²) in [5, 5.41) is 21.7. The van der Waals surface area contributed by atoms with Gasteiger partial charge in [-0.25, -0.2) is 4.79 Å². The summed E-state index contributed by atoms with van der Waals surface area (Å²) in [7, 11) is 1.48. The van der Waals surface area contributed by atoms with Crippen LogP contribution in [0.25, 0.3) is 0 Å². The Labute approximate surface area is 182 Å². The van der Waals surface area contributed by atoms with Crippen LogP contribution >= 0.6 is 11.6 Å². The SMILES string of the molecule is CN(CCC#N)C(=O)COC(=O)c1ccccc1NC(=O)c1ccc([N+](=O)[O-])cc1Cl. The molecule has 0 aliphatic heterocycles. The molecule has 2 rings (SSSR count). The summed E-state index contributed by atoms with van der Waals surface area (Å²) in [5.74, 6) is -2.01. The molecule has 0 heterocycles. The molecule has 10 nitrogen and oxygen atoms in total. The summed E-state index contributed by atoms with van der Waals surface area (Å²) in [4.78, 5) is 48.3. The Morgan fingerprint density at radius 2 is 1.94 bits per heavy atom. The van der Waals surface area contributed by atoms with Crippen molar-refractivity contribution in [2.45, 2.75) is 6.42 Å². The van der Waals surface area contributed by atoms with Crippen LogP contribution in [-0.2, 0) is 9.53 Å². The van der Waals surface area contributed by atoms with Gasteiger partial charge in [-0.2, -0.15) is 5.26 Å². The number of non-ortho nitro benzene ring substituents is 1. The van der Waals surface area contributed by atoms with Crippen LogP contribution in [0.1, 0.15) is 27.1 Å².